The third kappa shape index (κ3) is 4.55. The molecular formula is C23H26ClN3O3. The van der Waals surface area contributed by atoms with Crippen molar-refractivity contribution < 1.29 is 9.53 Å². The average molecular weight is 428 g/mol. The third-order valence-corrected chi connectivity index (χ3v) is 5.40. The Hall–Kier alpha value is -2.70. The zero-order valence-corrected chi connectivity index (χ0v) is 18.2. The van der Waals surface area contributed by atoms with E-state index < -0.39 is 6.04 Å². The zero-order valence-electron chi connectivity index (χ0n) is 17.5. The molecule has 0 saturated heterocycles. The van der Waals surface area contributed by atoms with Crippen molar-refractivity contribution in [2.45, 2.75) is 32.9 Å². The van der Waals surface area contributed by atoms with Gasteiger partial charge in [-0.05, 0) is 56.7 Å². The standard InChI is InChI=1S/C23H26ClN3O3/c1-4-26-21(25-20-9-6-5-8-19(20)23(26)29)16(2)27(14-7-15-30-3)22(28)17-10-12-18(24)13-11-17/h5-6,8-13,16H,4,7,14-15H2,1-3H3. The molecule has 6 nitrogen and oxygen atoms in total. The number of nitrogens with zero attached hydrogens (tertiary/aromatic N) is 3. The molecule has 2 aromatic carbocycles. The van der Waals surface area contributed by atoms with Crippen LogP contribution in [0.3, 0.4) is 0 Å². The first kappa shape index (κ1) is 22.0. The van der Waals surface area contributed by atoms with Gasteiger partial charge < -0.3 is 9.64 Å². The van der Waals surface area contributed by atoms with E-state index in [4.69, 9.17) is 21.3 Å². The summed E-state index contributed by atoms with van der Waals surface area (Å²) >= 11 is 5.98. The number of fused-ring (bicyclic) bond motifs is 1. The Morgan fingerprint density at radius 3 is 2.57 bits per heavy atom. The highest BCUT2D eigenvalue weighted by Gasteiger charge is 2.26. The fourth-order valence-corrected chi connectivity index (χ4v) is 3.68. The fraction of sp³-hybridized carbons (Fsp3) is 0.348. The first-order chi connectivity index (χ1) is 14.5. The van der Waals surface area contributed by atoms with Crippen LogP contribution in [0.25, 0.3) is 10.9 Å². The lowest BCUT2D eigenvalue weighted by Crippen LogP contribution is -2.38. The molecule has 0 bridgehead atoms. The second-order valence-corrected chi connectivity index (χ2v) is 7.50. The molecule has 1 unspecified atom stereocenters. The minimum atomic E-state index is -0.401. The average Bonchev–Trinajstić information content (AvgIpc) is 2.76. The highest BCUT2D eigenvalue weighted by molar-refractivity contribution is 6.30. The number of benzene rings is 2. The molecule has 0 aliphatic carbocycles. The van der Waals surface area contributed by atoms with Gasteiger partial charge in [-0.3, -0.25) is 14.2 Å². The van der Waals surface area contributed by atoms with Gasteiger partial charge in [-0.15, -0.1) is 0 Å². The monoisotopic (exact) mass is 427 g/mol. The number of aromatic nitrogens is 2. The Labute approximate surface area is 181 Å². The molecule has 1 heterocycles. The van der Waals surface area contributed by atoms with Gasteiger partial charge >= 0.3 is 0 Å². The lowest BCUT2D eigenvalue weighted by atomic mass is 10.1. The van der Waals surface area contributed by atoms with Crippen LogP contribution in [0.2, 0.25) is 5.02 Å². The predicted octanol–water partition coefficient (Wildman–Crippen LogP) is 4.31. The van der Waals surface area contributed by atoms with Crippen LogP contribution in [0.4, 0.5) is 0 Å². The van der Waals surface area contributed by atoms with E-state index in [-0.39, 0.29) is 11.5 Å². The number of rotatable bonds is 8. The second-order valence-electron chi connectivity index (χ2n) is 7.06. The van der Waals surface area contributed by atoms with E-state index in [1.54, 1.807) is 46.9 Å². The van der Waals surface area contributed by atoms with Crippen molar-refractivity contribution in [2.24, 2.45) is 0 Å². The van der Waals surface area contributed by atoms with Crippen LogP contribution >= 0.6 is 11.6 Å². The molecule has 0 N–H and O–H groups in total. The molecule has 3 rings (SSSR count). The van der Waals surface area contributed by atoms with Crippen molar-refractivity contribution in [2.75, 3.05) is 20.3 Å². The number of ether oxygens (including phenoxy) is 1. The Balaban J connectivity index is 2.05. The molecule has 0 aliphatic heterocycles. The van der Waals surface area contributed by atoms with Crippen LogP contribution < -0.4 is 5.56 Å². The number of halogens is 1. The molecular weight excluding hydrogens is 402 g/mol. The van der Waals surface area contributed by atoms with E-state index in [2.05, 4.69) is 0 Å². The maximum absolute atomic E-state index is 13.3. The van der Waals surface area contributed by atoms with Gasteiger partial charge in [-0.1, -0.05) is 23.7 Å². The fourth-order valence-electron chi connectivity index (χ4n) is 3.56. The molecule has 3 aromatic rings. The molecule has 7 heteroatoms. The lowest BCUT2D eigenvalue weighted by molar-refractivity contribution is 0.0655. The van der Waals surface area contributed by atoms with Gasteiger partial charge in [0.25, 0.3) is 11.5 Å². The van der Waals surface area contributed by atoms with Crippen LogP contribution in [0.15, 0.2) is 53.3 Å². The Bertz CT molecular complexity index is 1080. The van der Waals surface area contributed by atoms with Crippen molar-refractivity contribution in [1.82, 2.24) is 14.5 Å². The third-order valence-electron chi connectivity index (χ3n) is 5.15. The molecule has 1 aromatic heterocycles. The largest absolute Gasteiger partial charge is 0.385 e. The maximum Gasteiger partial charge on any atom is 0.261 e. The summed E-state index contributed by atoms with van der Waals surface area (Å²) in [6, 6.07) is 13.7. The van der Waals surface area contributed by atoms with Gasteiger partial charge in [0.2, 0.25) is 0 Å². The number of hydrogen-bond acceptors (Lipinski definition) is 4. The van der Waals surface area contributed by atoms with E-state index in [1.165, 1.54) is 0 Å². The van der Waals surface area contributed by atoms with Crippen molar-refractivity contribution in [3.8, 4) is 0 Å². The van der Waals surface area contributed by atoms with E-state index in [0.717, 1.165) is 0 Å². The van der Waals surface area contributed by atoms with E-state index >= 15 is 0 Å². The molecule has 158 valence electrons. The molecule has 0 saturated carbocycles. The van der Waals surface area contributed by atoms with Crippen molar-refractivity contribution in [1.29, 1.82) is 0 Å². The van der Waals surface area contributed by atoms with Crippen molar-refractivity contribution in [3.05, 3.63) is 75.3 Å². The normalized spacial score (nSPS) is 12.1. The molecule has 0 fully saturated rings. The predicted molar refractivity (Wildman–Crippen MR) is 119 cm³/mol. The van der Waals surface area contributed by atoms with Crippen LogP contribution in [-0.4, -0.2) is 40.6 Å². The van der Waals surface area contributed by atoms with E-state index in [9.17, 15) is 9.59 Å². The molecule has 1 atom stereocenters. The molecule has 0 aliphatic rings. The van der Waals surface area contributed by atoms with E-state index in [0.29, 0.717) is 53.4 Å². The number of amides is 1. The molecule has 1 amide bonds. The smallest absolute Gasteiger partial charge is 0.261 e. The summed E-state index contributed by atoms with van der Waals surface area (Å²) in [4.78, 5) is 32.9. The van der Waals surface area contributed by atoms with Gasteiger partial charge in [0.15, 0.2) is 0 Å². The number of hydrogen-bond donors (Lipinski definition) is 0. The van der Waals surface area contributed by atoms with Crippen LogP contribution in [0.5, 0.6) is 0 Å². The van der Waals surface area contributed by atoms with Gasteiger partial charge in [-0.25, -0.2) is 4.98 Å². The molecule has 30 heavy (non-hydrogen) atoms. The topological polar surface area (TPSA) is 64.4 Å². The molecule has 0 radical (unpaired) electrons. The number of methoxy groups -OCH3 is 1. The van der Waals surface area contributed by atoms with Crippen LogP contribution in [0, 0.1) is 0 Å². The number of carbonyl (C=O) groups excluding carboxylic acids is 1. The number of carbonyl (C=O) groups is 1. The lowest BCUT2D eigenvalue weighted by Gasteiger charge is -2.30. The summed E-state index contributed by atoms with van der Waals surface area (Å²) in [6.45, 7) is 5.29. The van der Waals surface area contributed by atoms with Gasteiger partial charge in [0.05, 0.1) is 16.9 Å². The van der Waals surface area contributed by atoms with Crippen molar-refractivity contribution >= 4 is 28.4 Å². The maximum atomic E-state index is 13.3. The van der Waals surface area contributed by atoms with E-state index in [1.807, 2.05) is 32.0 Å². The summed E-state index contributed by atoms with van der Waals surface area (Å²) in [5, 5.41) is 1.15. The Kier molecular flexibility index (Phi) is 7.24. The summed E-state index contributed by atoms with van der Waals surface area (Å²) in [6.07, 6.45) is 0.671. The SMILES string of the molecule is CCn1c(C(C)N(CCCOC)C(=O)c2ccc(Cl)cc2)nc2ccccc2c1=O. The highest BCUT2D eigenvalue weighted by atomic mass is 35.5. The summed E-state index contributed by atoms with van der Waals surface area (Å²) in [5.74, 6) is 0.432. The van der Waals surface area contributed by atoms with Crippen LogP contribution in [-0.2, 0) is 11.3 Å². The first-order valence-electron chi connectivity index (χ1n) is 10.0. The number of para-hydroxylation sites is 1. The summed E-state index contributed by atoms with van der Waals surface area (Å²) < 4.78 is 6.82. The quantitative estimate of drug-likeness (QED) is 0.502. The van der Waals surface area contributed by atoms with Crippen LogP contribution in [0.1, 0.15) is 42.5 Å². The van der Waals surface area contributed by atoms with Gasteiger partial charge in [-0.2, -0.15) is 0 Å². The Morgan fingerprint density at radius 1 is 1.20 bits per heavy atom. The summed E-state index contributed by atoms with van der Waals surface area (Å²) in [7, 11) is 1.63. The van der Waals surface area contributed by atoms with Gasteiger partial charge in [0.1, 0.15) is 5.82 Å². The zero-order chi connectivity index (χ0) is 21.7. The minimum Gasteiger partial charge on any atom is -0.385 e. The minimum absolute atomic E-state index is 0.0965. The highest BCUT2D eigenvalue weighted by Crippen LogP contribution is 2.23. The second kappa shape index (κ2) is 9.87. The Morgan fingerprint density at radius 2 is 1.90 bits per heavy atom. The molecule has 0 spiro atoms. The summed E-state index contributed by atoms with van der Waals surface area (Å²) in [5.41, 5.74) is 1.07. The van der Waals surface area contributed by atoms with Crippen molar-refractivity contribution in [3.63, 3.8) is 0 Å². The first-order valence-corrected chi connectivity index (χ1v) is 10.4. The van der Waals surface area contributed by atoms with Gasteiger partial charge in [0, 0.05) is 37.4 Å².